The van der Waals surface area contributed by atoms with Gasteiger partial charge in [-0.2, -0.15) is 0 Å². The topological polar surface area (TPSA) is 49.6 Å². The summed E-state index contributed by atoms with van der Waals surface area (Å²) in [5.74, 6) is 0. The highest BCUT2D eigenvalue weighted by Gasteiger charge is 1.95. The maximum atomic E-state index is 4.04. The van der Waals surface area contributed by atoms with Crippen molar-refractivity contribution in [2.45, 2.75) is 13.8 Å². The van der Waals surface area contributed by atoms with Gasteiger partial charge in [-0.1, -0.05) is 43.4 Å². The van der Waals surface area contributed by atoms with Crippen molar-refractivity contribution in [3.8, 4) is 0 Å². The maximum absolute atomic E-state index is 4.04. The number of halogens is 1. The third kappa shape index (κ3) is 7.15. The number of hydrogen-bond donors (Lipinski definition) is 1. The molecule has 1 heterocycles. The monoisotopic (exact) mass is 340 g/mol. The zero-order chi connectivity index (χ0) is 13.9. The fourth-order valence-electron chi connectivity index (χ4n) is 1.14. The van der Waals surface area contributed by atoms with Crippen LogP contribution in [0.5, 0.6) is 0 Å². The van der Waals surface area contributed by atoms with Gasteiger partial charge in [0.2, 0.25) is 5.13 Å². The highest BCUT2D eigenvalue weighted by atomic mass is 79.9. The molecule has 0 atom stereocenters. The Kier molecular flexibility index (Phi) is 8.20. The molecule has 0 saturated carbocycles. The number of thiazole rings is 1. The number of benzene rings is 1. The summed E-state index contributed by atoms with van der Waals surface area (Å²) >= 11 is 4.76. The number of azo groups is 1. The first-order valence-electron chi connectivity index (χ1n) is 6.05. The Labute approximate surface area is 126 Å². The first-order chi connectivity index (χ1) is 9.26. The van der Waals surface area contributed by atoms with Gasteiger partial charge < -0.3 is 5.32 Å². The van der Waals surface area contributed by atoms with E-state index in [0.717, 1.165) is 22.6 Å². The largest absolute Gasteiger partial charge is 0.317 e. The van der Waals surface area contributed by atoms with Crippen molar-refractivity contribution < 1.29 is 0 Å². The summed E-state index contributed by atoms with van der Waals surface area (Å²) in [6.07, 6.45) is 1.71. The second kappa shape index (κ2) is 9.77. The minimum atomic E-state index is 0.653. The van der Waals surface area contributed by atoms with Gasteiger partial charge in [0, 0.05) is 0 Å². The van der Waals surface area contributed by atoms with Crippen molar-refractivity contribution in [2.75, 3.05) is 13.1 Å². The minimum absolute atomic E-state index is 0.653. The van der Waals surface area contributed by atoms with E-state index >= 15 is 0 Å². The molecule has 1 aromatic carbocycles. The van der Waals surface area contributed by atoms with Crippen LogP contribution in [0.1, 0.15) is 13.8 Å². The SMILES string of the molecule is Brc1cnc(N=Nc2ccccc2)s1.CCNCC. The zero-order valence-electron chi connectivity index (χ0n) is 11.0. The van der Waals surface area contributed by atoms with Gasteiger partial charge in [-0.05, 0) is 41.2 Å². The number of nitrogens with zero attached hydrogens (tertiary/aromatic N) is 3. The number of aromatic nitrogens is 1. The Morgan fingerprint density at radius 1 is 1.16 bits per heavy atom. The lowest BCUT2D eigenvalue weighted by molar-refractivity contribution is 0.762. The van der Waals surface area contributed by atoms with Crippen molar-refractivity contribution in [3.05, 3.63) is 40.3 Å². The van der Waals surface area contributed by atoms with Crippen molar-refractivity contribution in [1.82, 2.24) is 10.3 Å². The molecule has 0 aliphatic rings. The first-order valence-corrected chi connectivity index (χ1v) is 7.66. The standard InChI is InChI=1S/C9H6BrN3S.C4H11N/c10-8-6-11-9(14-8)13-12-7-4-2-1-3-5-7;1-3-5-4-2/h1-6H;5H,3-4H2,1-2H3. The molecule has 2 rings (SSSR count). The van der Waals surface area contributed by atoms with Crippen LogP contribution in [-0.2, 0) is 0 Å². The molecule has 4 nitrogen and oxygen atoms in total. The molecule has 1 N–H and O–H groups in total. The zero-order valence-corrected chi connectivity index (χ0v) is 13.4. The van der Waals surface area contributed by atoms with Crippen molar-refractivity contribution in [2.24, 2.45) is 10.2 Å². The van der Waals surface area contributed by atoms with Gasteiger partial charge in [-0.3, -0.25) is 0 Å². The van der Waals surface area contributed by atoms with E-state index in [1.807, 2.05) is 30.3 Å². The Hall–Kier alpha value is -1.11. The lowest BCUT2D eigenvalue weighted by Gasteiger charge is -1.87. The van der Waals surface area contributed by atoms with Crippen LogP contribution in [0.2, 0.25) is 0 Å². The molecule has 0 spiro atoms. The lowest BCUT2D eigenvalue weighted by atomic mass is 10.3. The smallest absolute Gasteiger partial charge is 0.230 e. The van der Waals surface area contributed by atoms with Gasteiger partial charge in [-0.15, -0.1) is 10.2 Å². The van der Waals surface area contributed by atoms with Crippen LogP contribution >= 0.6 is 27.3 Å². The Morgan fingerprint density at radius 2 is 1.84 bits per heavy atom. The molecule has 0 amide bonds. The summed E-state index contributed by atoms with van der Waals surface area (Å²) in [7, 11) is 0. The Balaban J connectivity index is 0.000000312. The number of hydrogen-bond acceptors (Lipinski definition) is 5. The molecule has 2 aromatic rings. The highest BCUT2D eigenvalue weighted by molar-refractivity contribution is 9.11. The lowest BCUT2D eigenvalue weighted by Crippen LogP contribution is -2.09. The van der Waals surface area contributed by atoms with Crippen LogP contribution in [0.4, 0.5) is 10.8 Å². The average Bonchev–Trinajstić information content (AvgIpc) is 2.85. The molecule has 6 heteroatoms. The van der Waals surface area contributed by atoms with E-state index in [1.165, 1.54) is 11.3 Å². The Morgan fingerprint density at radius 3 is 2.32 bits per heavy atom. The Bertz CT molecular complexity index is 482. The van der Waals surface area contributed by atoms with Gasteiger partial charge in [0.25, 0.3) is 0 Å². The molecule has 0 radical (unpaired) electrons. The predicted molar refractivity (Wildman–Crippen MR) is 84.6 cm³/mol. The fourth-order valence-corrected chi connectivity index (χ4v) is 2.14. The molecule has 0 aliphatic carbocycles. The average molecular weight is 341 g/mol. The first kappa shape index (κ1) is 15.9. The maximum Gasteiger partial charge on any atom is 0.230 e. The summed E-state index contributed by atoms with van der Waals surface area (Å²) in [4.78, 5) is 4.04. The van der Waals surface area contributed by atoms with Crippen LogP contribution in [-0.4, -0.2) is 18.1 Å². The van der Waals surface area contributed by atoms with Crippen LogP contribution in [0.25, 0.3) is 0 Å². The molecular formula is C13H17BrN4S. The van der Waals surface area contributed by atoms with Gasteiger partial charge in [0.1, 0.15) is 0 Å². The summed E-state index contributed by atoms with van der Waals surface area (Å²) < 4.78 is 0.958. The van der Waals surface area contributed by atoms with Crippen LogP contribution in [0, 0.1) is 0 Å². The van der Waals surface area contributed by atoms with E-state index in [0.29, 0.717) is 5.13 Å². The minimum Gasteiger partial charge on any atom is -0.317 e. The van der Waals surface area contributed by atoms with E-state index in [-0.39, 0.29) is 0 Å². The second-order valence-electron chi connectivity index (χ2n) is 3.44. The molecule has 1 aromatic heterocycles. The highest BCUT2D eigenvalue weighted by Crippen LogP contribution is 2.26. The molecular weight excluding hydrogens is 324 g/mol. The van der Waals surface area contributed by atoms with E-state index < -0.39 is 0 Å². The molecule has 0 fully saturated rings. The summed E-state index contributed by atoms with van der Waals surface area (Å²) in [6, 6.07) is 9.58. The van der Waals surface area contributed by atoms with Crippen LogP contribution < -0.4 is 5.32 Å². The normalized spacial score (nSPS) is 10.3. The molecule has 102 valence electrons. The quantitative estimate of drug-likeness (QED) is 0.801. The summed E-state index contributed by atoms with van der Waals surface area (Å²) in [5, 5.41) is 11.8. The van der Waals surface area contributed by atoms with Crippen molar-refractivity contribution in [1.29, 1.82) is 0 Å². The molecule has 19 heavy (non-hydrogen) atoms. The molecule has 0 saturated heterocycles. The van der Waals surface area contributed by atoms with Gasteiger partial charge in [-0.25, -0.2) is 4.98 Å². The summed E-state index contributed by atoms with van der Waals surface area (Å²) in [6.45, 7) is 6.39. The van der Waals surface area contributed by atoms with Crippen molar-refractivity contribution >= 4 is 38.1 Å². The van der Waals surface area contributed by atoms with Crippen molar-refractivity contribution in [3.63, 3.8) is 0 Å². The predicted octanol–water partition coefficient (Wildman–Crippen LogP) is 4.94. The van der Waals surface area contributed by atoms with Gasteiger partial charge in [0.05, 0.1) is 15.7 Å². The second-order valence-corrected chi connectivity index (χ2v) is 5.83. The van der Waals surface area contributed by atoms with Gasteiger partial charge >= 0.3 is 0 Å². The molecule has 0 unspecified atom stereocenters. The van der Waals surface area contributed by atoms with Gasteiger partial charge in [0.15, 0.2) is 0 Å². The van der Waals surface area contributed by atoms with E-state index in [2.05, 4.69) is 50.3 Å². The third-order valence-electron chi connectivity index (χ3n) is 1.97. The van der Waals surface area contributed by atoms with E-state index in [4.69, 9.17) is 0 Å². The molecule has 0 aliphatic heterocycles. The van der Waals surface area contributed by atoms with E-state index in [1.54, 1.807) is 6.20 Å². The summed E-state index contributed by atoms with van der Waals surface area (Å²) in [5.41, 5.74) is 0.832. The van der Waals surface area contributed by atoms with E-state index in [9.17, 15) is 0 Å². The molecule has 0 bridgehead atoms. The number of nitrogens with one attached hydrogen (secondary N) is 1. The number of rotatable bonds is 4. The van der Waals surface area contributed by atoms with Crippen LogP contribution in [0.15, 0.2) is 50.5 Å². The van der Waals surface area contributed by atoms with Crippen LogP contribution in [0.3, 0.4) is 0 Å². The fraction of sp³-hybridized carbons (Fsp3) is 0.308. The third-order valence-corrected chi connectivity index (χ3v) is 3.33.